The molecule has 0 saturated carbocycles. The first-order chi connectivity index (χ1) is 17.6. The lowest BCUT2D eigenvalue weighted by molar-refractivity contribution is -0.183. The fraction of sp³-hybridized carbons (Fsp3) is 0.417. The number of halogens is 5. The largest absolute Gasteiger partial charge is 0.494 e. The van der Waals surface area contributed by atoms with Gasteiger partial charge in [-0.15, -0.1) is 0 Å². The molecule has 196 valence electrons. The van der Waals surface area contributed by atoms with E-state index >= 15 is 0 Å². The van der Waals surface area contributed by atoms with Crippen LogP contribution in [0.2, 0.25) is 0 Å². The van der Waals surface area contributed by atoms with Crippen LogP contribution in [-0.4, -0.2) is 75.3 Å². The van der Waals surface area contributed by atoms with E-state index in [1.807, 2.05) is 0 Å². The zero-order chi connectivity index (χ0) is 26.5. The molecule has 3 aromatic rings. The third-order valence-corrected chi connectivity index (χ3v) is 6.82. The van der Waals surface area contributed by atoms with Gasteiger partial charge in [-0.1, -0.05) is 0 Å². The Morgan fingerprint density at radius 2 is 1.95 bits per heavy atom. The van der Waals surface area contributed by atoms with Gasteiger partial charge < -0.3 is 14.5 Å². The SMILES string of the molecule is COc1cnccc1C(=O)N1CC(c2nn(CC(=O)N3CCC[C@H]3C(F)(F)F)c3cc(F)cc(F)c23)C1. The maximum absolute atomic E-state index is 14.9. The number of likely N-dealkylation sites (tertiary alicyclic amines) is 2. The van der Waals surface area contributed by atoms with E-state index in [1.54, 1.807) is 0 Å². The van der Waals surface area contributed by atoms with Gasteiger partial charge in [-0.3, -0.25) is 19.3 Å². The van der Waals surface area contributed by atoms with Gasteiger partial charge in [0.15, 0.2) is 0 Å². The number of rotatable bonds is 5. The van der Waals surface area contributed by atoms with Gasteiger partial charge in [0.25, 0.3) is 5.91 Å². The number of hydrogen-bond acceptors (Lipinski definition) is 5. The zero-order valence-electron chi connectivity index (χ0n) is 19.6. The molecule has 2 amide bonds. The van der Waals surface area contributed by atoms with Crippen LogP contribution in [0.15, 0.2) is 30.6 Å². The van der Waals surface area contributed by atoms with Crippen LogP contribution >= 0.6 is 0 Å². The maximum atomic E-state index is 14.9. The van der Waals surface area contributed by atoms with Crippen molar-refractivity contribution in [1.82, 2.24) is 24.6 Å². The molecule has 0 unspecified atom stereocenters. The van der Waals surface area contributed by atoms with Crippen LogP contribution in [0.3, 0.4) is 0 Å². The molecule has 13 heteroatoms. The number of aromatic nitrogens is 3. The Morgan fingerprint density at radius 1 is 1.19 bits per heavy atom. The minimum absolute atomic E-state index is 0.0263. The summed E-state index contributed by atoms with van der Waals surface area (Å²) in [5, 5.41) is 4.29. The number of amides is 2. The first-order valence-electron chi connectivity index (χ1n) is 11.6. The molecule has 0 aliphatic carbocycles. The van der Waals surface area contributed by atoms with Crippen LogP contribution < -0.4 is 4.74 Å². The van der Waals surface area contributed by atoms with Gasteiger partial charge in [-0.25, -0.2) is 8.78 Å². The molecule has 4 heterocycles. The first kappa shape index (κ1) is 24.9. The Hall–Kier alpha value is -3.77. The van der Waals surface area contributed by atoms with Gasteiger partial charge in [0, 0.05) is 43.9 Å². The number of fused-ring (bicyclic) bond motifs is 1. The normalized spacial score (nSPS) is 18.4. The lowest BCUT2D eigenvalue weighted by Gasteiger charge is -2.38. The van der Waals surface area contributed by atoms with Crippen molar-refractivity contribution in [3.63, 3.8) is 0 Å². The number of carbonyl (C=O) groups is 2. The molecule has 2 aliphatic rings. The highest BCUT2D eigenvalue weighted by atomic mass is 19.4. The topological polar surface area (TPSA) is 80.6 Å². The Balaban J connectivity index is 1.40. The second-order valence-corrected chi connectivity index (χ2v) is 9.09. The second kappa shape index (κ2) is 9.27. The summed E-state index contributed by atoms with van der Waals surface area (Å²) in [6, 6.07) is 1.30. The van der Waals surface area contributed by atoms with E-state index in [0.29, 0.717) is 17.4 Å². The lowest BCUT2D eigenvalue weighted by Crippen LogP contribution is -2.48. The van der Waals surface area contributed by atoms with Gasteiger partial charge in [-0.05, 0) is 18.9 Å². The molecule has 0 N–H and O–H groups in total. The highest BCUT2D eigenvalue weighted by molar-refractivity contribution is 5.97. The average Bonchev–Trinajstić information content (AvgIpc) is 3.44. The van der Waals surface area contributed by atoms with Crippen molar-refractivity contribution in [2.45, 2.75) is 37.5 Å². The van der Waals surface area contributed by atoms with E-state index in [9.17, 15) is 31.5 Å². The summed E-state index contributed by atoms with van der Waals surface area (Å²) in [6.07, 6.45) is -1.70. The first-order valence-corrected chi connectivity index (χ1v) is 11.6. The van der Waals surface area contributed by atoms with Gasteiger partial charge in [0.2, 0.25) is 5.91 Å². The molecule has 1 atom stereocenters. The Morgan fingerprint density at radius 3 is 2.65 bits per heavy atom. The Bertz CT molecular complexity index is 1370. The zero-order valence-corrected chi connectivity index (χ0v) is 19.6. The summed E-state index contributed by atoms with van der Waals surface area (Å²) in [5.74, 6) is -3.10. The Labute approximate surface area is 207 Å². The number of benzene rings is 1. The average molecular weight is 523 g/mol. The van der Waals surface area contributed by atoms with E-state index in [-0.39, 0.29) is 55.0 Å². The second-order valence-electron chi connectivity index (χ2n) is 9.09. The molecule has 0 radical (unpaired) electrons. The van der Waals surface area contributed by atoms with E-state index in [0.717, 1.165) is 15.6 Å². The van der Waals surface area contributed by atoms with Crippen molar-refractivity contribution >= 4 is 22.7 Å². The van der Waals surface area contributed by atoms with Crippen molar-refractivity contribution in [3.8, 4) is 5.75 Å². The van der Waals surface area contributed by atoms with Crippen molar-refractivity contribution in [3.05, 3.63) is 53.5 Å². The van der Waals surface area contributed by atoms with Gasteiger partial charge in [-0.2, -0.15) is 18.3 Å². The van der Waals surface area contributed by atoms with E-state index in [2.05, 4.69) is 10.1 Å². The number of pyridine rings is 1. The summed E-state index contributed by atoms with van der Waals surface area (Å²) in [6.45, 7) is -0.321. The van der Waals surface area contributed by atoms with Gasteiger partial charge in [0.1, 0.15) is 30.0 Å². The number of nitrogens with zero attached hydrogens (tertiary/aromatic N) is 5. The van der Waals surface area contributed by atoms with Crippen molar-refractivity contribution in [1.29, 1.82) is 0 Å². The highest BCUT2D eigenvalue weighted by Gasteiger charge is 2.47. The Kier molecular flexibility index (Phi) is 6.24. The standard InChI is InChI=1S/C24H22F5N5O3/c1-37-18-9-30-5-4-15(18)23(36)32-10-13(11-32)22-21-16(26)7-14(25)8-17(21)34(31-22)12-20(35)33-6-2-3-19(33)24(27,28)29/h4-5,7-9,13,19H,2-3,6,10-12H2,1H3/t19-/m0/s1. The smallest absolute Gasteiger partial charge is 0.408 e. The molecule has 1 aromatic carbocycles. The number of ether oxygens (including phenoxy) is 1. The fourth-order valence-corrected chi connectivity index (χ4v) is 4.99. The highest BCUT2D eigenvalue weighted by Crippen LogP contribution is 2.36. The maximum Gasteiger partial charge on any atom is 0.408 e. The van der Waals surface area contributed by atoms with E-state index in [1.165, 1.54) is 30.5 Å². The molecule has 0 bridgehead atoms. The minimum atomic E-state index is -4.57. The quantitative estimate of drug-likeness (QED) is 0.479. The predicted octanol–water partition coefficient (Wildman–Crippen LogP) is 3.51. The third kappa shape index (κ3) is 4.46. The number of alkyl halides is 3. The van der Waals surface area contributed by atoms with E-state index in [4.69, 9.17) is 4.74 Å². The van der Waals surface area contributed by atoms with Crippen LogP contribution in [-0.2, 0) is 11.3 Å². The molecule has 2 aliphatic heterocycles. The van der Waals surface area contributed by atoms with Crippen molar-refractivity contribution in [2.24, 2.45) is 0 Å². The molecule has 37 heavy (non-hydrogen) atoms. The molecular weight excluding hydrogens is 501 g/mol. The third-order valence-electron chi connectivity index (χ3n) is 6.82. The van der Waals surface area contributed by atoms with Crippen molar-refractivity contribution < 1.29 is 36.3 Å². The summed E-state index contributed by atoms with van der Waals surface area (Å²) < 4.78 is 75.2. The molecule has 2 saturated heterocycles. The van der Waals surface area contributed by atoms with Crippen LogP contribution in [0.25, 0.3) is 10.9 Å². The number of methoxy groups -OCH3 is 1. The van der Waals surface area contributed by atoms with Crippen molar-refractivity contribution in [2.75, 3.05) is 26.7 Å². The lowest BCUT2D eigenvalue weighted by atomic mass is 9.93. The predicted molar refractivity (Wildman–Crippen MR) is 120 cm³/mol. The number of carbonyl (C=O) groups excluding carboxylic acids is 2. The molecule has 5 rings (SSSR count). The molecular formula is C24H22F5N5O3. The molecule has 2 fully saturated rings. The summed E-state index contributed by atoms with van der Waals surface area (Å²) in [5.41, 5.74) is 0.471. The molecule has 2 aromatic heterocycles. The van der Waals surface area contributed by atoms with Gasteiger partial charge >= 0.3 is 6.18 Å². The van der Waals surface area contributed by atoms with E-state index < -0.39 is 42.2 Å². The van der Waals surface area contributed by atoms with Gasteiger partial charge in [0.05, 0.1) is 35.5 Å². The number of hydrogen-bond donors (Lipinski definition) is 0. The molecule has 0 spiro atoms. The van der Waals surface area contributed by atoms with Crippen LogP contribution in [0.1, 0.15) is 34.8 Å². The van der Waals surface area contributed by atoms with Crippen LogP contribution in [0.4, 0.5) is 22.0 Å². The summed E-state index contributed by atoms with van der Waals surface area (Å²) >= 11 is 0. The van der Waals surface area contributed by atoms with Crippen LogP contribution in [0.5, 0.6) is 5.75 Å². The summed E-state index contributed by atoms with van der Waals surface area (Å²) in [7, 11) is 1.41. The molecule has 8 nitrogen and oxygen atoms in total. The van der Waals surface area contributed by atoms with Crippen LogP contribution in [0, 0.1) is 11.6 Å². The minimum Gasteiger partial charge on any atom is -0.494 e. The summed E-state index contributed by atoms with van der Waals surface area (Å²) in [4.78, 5) is 31.9. The fourth-order valence-electron chi connectivity index (χ4n) is 4.99. The monoisotopic (exact) mass is 523 g/mol.